The normalized spacial score (nSPS) is 32.4. The van der Waals surface area contributed by atoms with Crippen LogP contribution in [0.25, 0.3) is 0 Å². The van der Waals surface area contributed by atoms with E-state index in [0.717, 1.165) is 12.8 Å². The maximum Gasteiger partial charge on any atom is 0.0339 e. The summed E-state index contributed by atoms with van der Waals surface area (Å²) >= 11 is 6.08. The topological polar surface area (TPSA) is 0 Å². The molecule has 62 valence electrons. The molecule has 0 aliphatic heterocycles. The fourth-order valence-corrected chi connectivity index (χ4v) is 2.15. The highest BCUT2D eigenvalue weighted by Crippen LogP contribution is 2.28. The van der Waals surface area contributed by atoms with Gasteiger partial charge in [0.1, 0.15) is 0 Å². The third kappa shape index (κ3) is 3.16. The molecule has 2 atom stereocenters. The Morgan fingerprint density at radius 3 is 2.82 bits per heavy atom. The van der Waals surface area contributed by atoms with E-state index in [4.69, 9.17) is 18.0 Å². The molecule has 1 aliphatic rings. The molecule has 0 saturated heterocycles. The zero-order valence-electron chi connectivity index (χ0n) is 6.85. The van der Waals surface area contributed by atoms with Crippen LogP contribution < -0.4 is 0 Å². The SMILES string of the molecule is C#CCC1CCCCC(Cl)C1. The van der Waals surface area contributed by atoms with Gasteiger partial charge >= 0.3 is 0 Å². The van der Waals surface area contributed by atoms with E-state index in [1.807, 2.05) is 0 Å². The molecule has 2 unspecified atom stereocenters. The second kappa shape index (κ2) is 4.67. The number of terminal acetylenes is 1. The number of alkyl halides is 1. The van der Waals surface area contributed by atoms with Crippen molar-refractivity contribution in [1.29, 1.82) is 0 Å². The van der Waals surface area contributed by atoms with Crippen LogP contribution in [0, 0.1) is 18.3 Å². The molecular weight excluding hydrogens is 156 g/mol. The van der Waals surface area contributed by atoms with Crippen LogP contribution >= 0.6 is 11.6 Å². The molecule has 0 nitrogen and oxygen atoms in total. The van der Waals surface area contributed by atoms with Gasteiger partial charge in [-0.05, 0) is 25.2 Å². The largest absolute Gasteiger partial charge is 0.123 e. The van der Waals surface area contributed by atoms with E-state index in [1.165, 1.54) is 25.7 Å². The fourth-order valence-electron chi connectivity index (χ4n) is 1.75. The first-order valence-electron chi connectivity index (χ1n) is 4.40. The summed E-state index contributed by atoms with van der Waals surface area (Å²) in [4.78, 5) is 0. The molecule has 0 amide bonds. The number of rotatable bonds is 1. The Kier molecular flexibility index (Phi) is 3.80. The smallest absolute Gasteiger partial charge is 0.0339 e. The van der Waals surface area contributed by atoms with E-state index >= 15 is 0 Å². The van der Waals surface area contributed by atoms with Crippen LogP contribution in [-0.2, 0) is 0 Å². The highest BCUT2D eigenvalue weighted by molar-refractivity contribution is 6.20. The van der Waals surface area contributed by atoms with Crippen LogP contribution in [0.3, 0.4) is 0 Å². The third-order valence-electron chi connectivity index (χ3n) is 2.38. The van der Waals surface area contributed by atoms with Gasteiger partial charge in [0, 0.05) is 11.8 Å². The molecule has 1 aliphatic carbocycles. The van der Waals surface area contributed by atoms with Crippen molar-refractivity contribution in [3.05, 3.63) is 0 Å². The number of halogens is 1. The average molecular weight is 171 g/mol. The lowest BCUT2D eigenvalue weighted by Crippen LogP contribution is -2.04. The summed E-state index contributed by atoms with van der Waals surface area (Å²) in [5, 5.41) is 0.385. The molecule has 1 heteroatoms. The second-order valence-corrected chi connectivity index (χ2v) is 4.01. The van der Waals surface area contributed by atoms with Gasteiger partial charge < -0.3 is 0 Å². The summed E-state index contributed by atoms with van der Waals surface area (Å²) in [6.45, 7) is 0. The minimum absolute atomic E-state index is 0.385. The Morgan fingerprint density at radius 2 is 2.09 bits per heavy atom. The Hall–Kier alpha value is -0.150. The Bertz CT molecular complexity index is 145. The van der Waals surface area contributed by atoms with Gasteiger partial charge in [0.15, 0.2) is 0 Å². The maximum absolute atomic E-state index is 6.08. The van der Waals surface area contributed by atoms with Crippen molar-refractivity contribution >= 4 is 11.6 Å². The van der Waals surface area contributed by atoms with E-state index in [9.17, 15) is 0 Å². The molecule has 0 heterocycles. The van der Waals surface area contributed by atoms with Crippen molar-refractivity contribution in [3.8, 4) is 12.3 Å². The van der Waals surface area contributed by atoms with Crippen LogP contribution in [0.2, 0.25) is 0 Å². The predicted octanol–water partition coefficient (Wildman–Crippen LogP) is 3.20. The quantitative estimate of drug-likeness (QED) is 0.322. The number of hydrogen-bond acceptors (Lipinski definition) is 0. The van der Waals surface area contributed by atoms with Crippen molar-refractivity contribution in [2.24, 2.45) is 5.92 Å². The summed E-state index contributed by atoms with van der Waals surface area (Å²) in [5.41, 5.74) is 0. The van der Waals surface area contributed by atoms with Gasteiger partial charge in [0.2, 0.25) is 0 Å². The zero-order chi connectivity index (χ0) is 8.10. The first-order valence-corrected chi connectivity index (χ1v) is 4.84. The van der Waals surface area contributed by atoms with Gasteiger partial charge in [-0.3, -0.25) is 0 Å². The van der Waals surface area contributed by atoms with Crippen molar-refractivity contribution in [1.82, 2.24) is 0 Å². The Morgan fingerprint density at radius 1 is 1.36 bits per heavy atom. The molecular formula is C10H15Cl. The lowest BCUT2D eigenvalue weighted by molar-refractivity contribution is 0.474. The van der Waals surface area contributed by atoms with E-state index < -0.39 is 0 Å². The minimum Gasteiger partial charge on any atom is -0.123 e. The minimum atomic E-state index is 0.385. The van der Waals surface area contributed by atoms with Gasteiger partial charge in [-0.15, -0.1) is 23.9 Å². The van der Waals surface area contributed by atoms with Crippen molar-refractivity contribution in [2.45, 2.75) is 43.9 Å². The molecule has 1 rings (SSSR count). The molecule has 0 aromatic carbocycles. The van der Waals surface area contributed by atoms with Gasteiger partial charge in [0.25, 0.3) is 0 Å². The van der Waals surface area contributed by atoms with Crippen molar-refractivity contribution < 1.29 is 0 Å². The van der Waals surface area contributed by atoms with Crippen LogP contribution in [0.1, 0.15) is 38.5 Å². The van der Waals surface area contributed by atoms with E-state index in [0.29, 0.717) is 11.3 Å². The van der Waals surface area contributed by atoms with Crippen LogP contribution in [0.4, 0.5) is 0 Å². The molecule has 0 radical (unpaired) electrons. The molecule has 1 saturated carbocycles. The highest BCUT2D eigenvalue weighted by atomic mass is 35.5. The highest BCUT2D eigenvalue weighted by Gasteiger charge is 2.17. The molecule has 0 aromatic rings. The molecule has 1 fully saturated rings. The predicted molar refractivity (Wildman–Crippen MR) is 49.7 cm³/mol. The molecule has 0 bridgehead atoms. The van der Waals surface area contributed by atoms with Crippen LogP contribution in [0.15, 0.2) is 0 Å². The third-order valence-corrected chi connectivity index (χ3v) is 2.77. The zero-order valence-corrected chi connectivity index (χ0v) is 7.61. The van der Waals surface area contributed by atoms with Crippen molar-refractivity contribution in [3.63, 3.8) is 0 Å². The summed E-state index contributed by atoms with van der Waals surface area (Å²) in [7, 11) is 0. The number of hydrogen-bond donors (Lipinski definition) is 0. The summed E-state index contributed by atoms with van der Waals surface area (Å²) in [6, 6.07) is 0. The standard InChI is InChI=1S/C10H15Cl/c1-2-5-9-6-3-4-7-10(11)8-9/h1,9-10H,3-8H2. The summed E-state index contributed by atoms with van der Waals surface area (Å²) in [6.07, 6.45) is 12.4. The first kappa shape index (κ1) is 8.94. The van der Waals surface area contributed by atoms with Crippen LogP contribution in [0.5, 0.6) is 0 Å². The second-order valence-electron chi connectivity index (χ2n) is 3.39. The van der Waals surface area contributed by atoms with Crippen molar-refractivity contribution in [2.75, 3.05) is 0 Å². The van der Waals surface area contributed by atoms with E-state index in [1.54, 1.807) is 0 Å². The van der Waals surface area contributed by atoms with E-state index in [2.05, 4.69) is 5.92 Å². The maximum atomic E-state index is 6.08. The lowest BCUT2D eigenvalue weighted by Gasteiger charge is -2.11. The van der Waals surface area contributed by atoms with E-state index in [-0.39, 0.29) is 0 Å². The van der Waals surface area contributed by atoms with Gasteiger partial charge in [0.05, 0.1) is 0 Å². The summed E-state index contributed by atoms with van der Waals surface area (Å²) < 4.78 is 0. The molecule has 0 spiro atoms. The Balaban J connectivity index is 2.34. The molecule has 0 N–H and O–H groups in total. The van der Waals surface area contributed by atoms with Gasteiger partial charge in [-0.2, -0.15) is 0 Å². The Labute approximate surface area is 74.3 Å². The fraction of sp³-hybridized carbons (Fsp3) is 0.800. The first-order chi connectivity index (χ1) is 5.33. The van der Waals surface area contributed by atoms with Crippen LogP contribution in [-0.4, -0.2) is 5.38 Å². The van der Waals surface area contributed by atoms with Gasteiger partial charge in [-0.25, -0.2) is 0 Å². The monoisotopic (exact) mass is 170 g/mol. The van der Waals surface area contributed by atoms with Gasteiger partial charge in [-0.1, -0.05) is 12.8 Å². The summed E-state index contributed by atoms with van der Waals surface area (Å²) in [5.74, 6) is 3.43. The lowest BCUT2D eigenvalue weighted by atomic mass is 9.97. The molecule has 0 aromatic heterocycles. The molecule has 11 heavy (non-hydrogen) atoms. The average Bonchev–Trinajstić information content (AvgIpc) is 2.15.